The molecule has 0 spiro atoms. The van der Waals surface area contributed by atoms with Crippen molar-refractivity contribution in [2.24, 2.45) is 0 Å². The number of benzene rings is 1. The summed E-state index contributed by atoms with van der Waals surface area (Å²) in [7, 11) is 0. The molecule has 1 aromatic carbocycles. The summed E-state index contributed by atoms with van der Waals surface area (Å²) in [5.41, 5.74) is 8.53. The summed E-state index contributed by atoms with van der Waals surface area (Å²) in [6.45, 7) is 2.09. The molecule has 0 atom stereocenters. The average molecular weight is 238 g/mol. The highest BCUT2D eigenvalue weighted by Gasteiger charge is 2.04. The van der Waals surface area contributed by atoms with E-state index in [1.54, 1.807) is 0 Å². The second-order valence-corrected chi connectivity index (χ2v) is 4.12. The van der Waals surface area contributed by atoms with Crippen molar-refractivity contribution in [3.05, 3.63) is 53.0 Å². The van der Waals surface area contributed by atoms with Gasteiger partial charge in [-0.25, -0.2) is 9.97 Å². The van der Waals surface area contributed by atoms with E-state index >= 15 is 0 Å². The lowest BCUT2D eigenvalue weighted by Gasteiger charge is -2.05. The van der Waals surface area contributed by atoms with Crippen molar-refractivity contribution in [1.29, 1.82) is 5.26 Å². The van der Waals surface area contributed by atoms with Gasteiger partial charge < -0.3 is 5.73 Å². The fraction of sp³-hybridized carbons (Fsp3) is 0.214. The van der Waals surface area contributed by atoms with Gasteiger partial charge in [-0.05, 0) is 24.5 Å². The minimum absolute atomic E-state index is 0.257. The van der Waals surface area contributed by atoms with Crippen LogP contribution in [0.1, 0.15) is 22.5 Å². The Kier molecular flexibility index (Phi) is 3.54. The average Bonchev–Trinajstić information content (AvgIpc) is 2.38. The van der Waals surface area contributed by atoms with Gasteiger partial charge in [-0.2, -0.15) is 5.26 Å². The van der Waals surface area contributed by atoms with E-state index in [-0.39, 0.29) is 5.82 Å². The molecule has 4 heteroatoms. The van der Waals surface area contributed by atoms with Gasteiger partial charge in [0.05, 0.1) is 6.20 Å². The number of hydrogen-bond donors (Lipinski definition) is 1. The molecule has 0 saturated heterocycles. The molecule has 18 heavy (non-hydrogen) atoms. The molecule has 2 N–H and O–H groups in total. The van der Waals surface area contributed by atoms with Crippen LogP contribution in [-0.2, 0) is 12.8 Å². The Bertz CT molecular complexity index is 599. The molecule has 1 heterocycles. The molecule has 0 saturated carbocycles. The Balaban J connectivity index is 2.10. The summed E-state index contributed by atoms with van der Waals surface area (Å²) in [5.74, 6) is 0.932. The Labute approximate surface area is 106 Å². The molecular formula is C14H14N4. The Hall–Kier alpha value is -2.41. The van der Waals surface area contributed by atoms with Crippen LogP contribution >= 0.6 is 0 Å². The summed E-state index contributed by atoms with van der Waals surface area (Å²) in [6, 6.07) is 10.2. The first-order chi connectivity index (χ1) is 8.70. The maximum Gasteiger partial charge on any atom is 0.145 e. The Morgan fingerprint density at radius 2 is 2.06 bits per heavy atom. The highest BCUT2D eigenvalue weighted by atomic mass is 14.9. The molecular weight excluding hydrogens is 224 g/mol. The van der Waals surface area contributed by atoms with E-state index in [2.05, 4.69) is 29.0 Å². The number of aromatic nitrogens is 2. The van der Waals surface area contributed by atoms with E-state index in [1.807, 2.05) is 18.2 Å². The smallest absolute Gasteiger partial charge is 0.145 e. The number of nitrogens with zero attached hydrogens (tertiary/aromatic N) is 3. The van der Waals surface area contributed by atoms with Crippen LogP contribution in [0, 0.1) is 18.3 Å². The number of nitriles is 1. The molecule has 0 unspecified atom stereocenters. The van der Waals surface area contributed by atoms with Gasteiger partial charge in [0.2, 0.25) is 0 Å². The summed E-state index contributed by atoms with van der Waals surface area (Å²) in [6.07, 6.45) is 3.08. The van der Waals surface area contributed by atoms with Crippen molar-refractivity contribution in [2.75, 3.05) is 5.73 Å². The third-order valence-corrected chi connectivity index (χ3v) is 2.87. The molecule has 0 radical (unpaired) electrons. The van der Waals surface area contributed by atoms with Crippen LogP contribution in [0.15, 0.2) is 30.5 Å². The predicted molar refractivity (Wildman–Crippen MR) is 69.7 cm³/mol. The normalized spacial score (nSPS) is 10.0. The van der Waals surface area contributed by atoms with Gasteiger partial charge in [0.1, 0.15) is 23.3 Å². The van der Waals surface area contributed by atoms with E-state index in [4.69, 9.17) is 11.0 Å². The predicted octanol–water partition coefficient (Wildman–Crippen LogP) is 2.02. The molecule has 0 aliphatic carbocycles. The monoisotopic (exact) mass is 238 g/mol. The van der Waals surface area contributed by atoms with Gasteiger partial charge >= 0.3 is 0 Å². The molecule has 0 amide bonds. The number of rotatable bonds is 3. The third-order valence-electron chi connectivity index (χ3n) is 2.87. The first-order valence-corrected chi connectivity index (χ1v) is 5.76. The second kappa shape index (κ2) is 5.28. The van der Waals surface area contributed by atoms with Crippen LogP contribution in [0.3, 0.4) is 0 Å². The van der Waals surface area contributed by atoms with Gasteiger partial charge in [-0.15, -0.1) is 0 Å². The molecule has 2 rings (SSSR count). The van der Waals surface area contributed by atoms with Crippen molar-refractivity contribution < 1.29 is 0 Å². The lowest BCUT2D eigenvalue weighted by Crippen LogP contribution is -2.04. The quantitative estimate of drug-likeness (QED) is 0.887. The fourth-order valence-corrected chi connectivity index (χ4v) is 1.78. The highest BCUT2D eigenvalue weighted by Crippen LogP contribution is 2.11. The van der Waals surface area contributed by atoms with Crippen LogP contribution in [0.4, 0.5) is 5.82 Å². The van der Waals surface area contributed by atoms with E-state index in [0.717, 1.165) is 12.8 Å². The number of hydrogen-bond acceptors (Lipinski definition) is 4. The second-order valence-electron chi connectivity index (χ2n) is 4.12. The molecule has 0 aliphatic heterocycles. The Morgan fingerprint density at radius 3 is 2.72 bits per heavy atom. The number of anilines is 1. The maximum absolute atomic E-state index is 8.74. The van der Waals surface area contributed by atoms with Crippen LogP contribution in [0.2, 0.25) is 0 Å². The lowest BCUT2D eigenvalue weighted by atomic mass is 10.0. The van der Waals surface area contributed by atoms with Crippen LogP contribution in [0.5, 0.6) is 0 Å². The number of aryl methyl sites for hydroxylation is 3. The standard InChI is InChI=1S/C14H14N4/c1-10-4-2-3-5-11(10)6-7-13-17-9-12(8-15)14(16)18-13/h2-5,9H,6-7H2,1H3,(H2,16,17,18). The number of nitrogens with two attached hydrogens (primary N) is 1. The number of nitrogen functional groups attached to an aromatic ring is 1. The molecule has 0 bridgehead atoms. The maximum atomic E-state index is 8.74. The van der Waals surface area contributed by atoms with Gasteiger partial charge in [0.15, 0.2) is 0 Å². The third kappa shape index (κ3) is 2.64. The summed E-state index contributed by atoms with van der Waals surface area (Å²) in [4.78, 5) is 8.27. The van der Waals surface area contributed by atoms with Crippen molar-refractivity contribution in [1.82, 2.24) is 9.97 Å². The molecule has 90 valence electrons. The minimum atomic E-state index is 0.257. The minimum Gasteiger partial charge on any atom is -0.382 e. The summed E-state index contributed by atoms with van der Waals surface area (Å²) in [5, 5.41) is 8.74. The molecule has 0 aliphatic rings. The van der Waals surface area contributed by atoms with Gasteiger partial charge in [-0.3, -0.25) is 0 Å². The van der Waals surface area contributed by atoms with Crippen LogP contribution < -0.4 is 5.73 Å². The van der Waals surface area contributed by atoms with Gasteiger partial charge in [-0.1, -0.05) is 24.3 Å². The SMILES string of the molecule is Cc1ccccc1CCc1ncc(C#N)c(N)n1. The summed E-state index contributed by atoms with van der Waals surface area (Å²) >= 11 is 0. The van der Waals surface area contributed by atoms with Crippen molar-refractivity contribution in [2.45, 2.75) is 19.8 Å². The first kappa shape index (κ1) is 12.1. The van der Waals surface area contributed by atoms with Crippen LogP contribution in [0.25, 0.3) is 0 Å². The largest absolute Gasteiger partial charge is 0.382 e. The van der Waals surface area contributed by atoms with E-state index in [0.29, 0.717) is 11.4 Å². The molecule has 1 aromatic heterocycles. The molecule has 4 nitrogen and oxygen atoms in total. The summed E-state index contributed by atoms with van der Waals surface area (Å²) < 4.78 is 0. The van der Waals surface area contributed by atoms with Gasteiger partial charge in [0, 0.05) is 6.42 Å². The van der Waals surface area contributed by atoms with Gasteiger partial charge in [0.25, 0.3) is 0 Å². The van der Waals surface area contributed by atoms with E-state index in [1.165, 1.54) is 17.3 Å². The van der Waals surface area contributed by atoms with E-state index < -0.39 is 0 Å². The zero-order chi connectivity index (χ0) is 13.0. The van der Waals surface area contributed by atoms with Crippen molar-refractivity contribution >= 4 is 5.82 Å². The molecule has 0 fully saturated rings. The molecule has 2 aromatic rings. The Morgan fingerprint density at radius 1 is 1.28 bits per heavy atom. The zero-order valence-electron chi connectivity index (χ0n) is 10.2. The zero-order valence-corrected chi connectivity index (χ0v) is 10.2. The van der Waals surface area contributed by atoms with Crippen molar-refractivity contribution in [3.8, 4) is 6.07 Å². The first-order valence-electron chi connectivity index (χ1n) is 5.76. The lowest BCUT2D eigenvalue weighted by molar-refractivity contribution is 0.855. The fourth-order valence-electron chi connectivity index (χ4n) is 1.78. The van der Waals surface area contributed by atoms with Crippen LogP contribution in [-0.4, -0.2) is 9.97 Å². The topological polar surface area (TPSA) is 75.6 Å². The highest BCUT2D eigenvalue weighted by molar-refractivity contribution is 5.46. The van der Waals surface area contributed by atoms with E-state index in [9.17, 15) is 0 Å². The van der Waals surface area contributed by atoms with Crippen molar-refractivity contribution in [3.63, 3.8) is 0 Å².